The average Bonchev–Trinajstić information content (AvgIpc) is 3.03. The maximum Gasteiger partial charge on any atom is 0.324 e. The summed E-state index contributed by atoms with van der Waals surface area (Å²) in [5, 5.41) is 14.5. The Balaban J connectivity index is 1.63. The van der Waals surface area contributed by atoms with Gasteiger partial charge >= 0.3 is 6.03 Å². The summed E-state index contributed by atoms with van der Waals surface area (Å²) in [5.74, 6) is 1.36. The number of carbonyl (C=O) groups is 1. The fraction of sp³-hybridized carbons (Fsp3) is 0.167. The fourth-order valence-corrected chi connectivity index (χ4v) is 2.54. The maximum absolute atomic E-state index is 12.0. The number of nitrogens with zero attached hydrogens (tertiary/aromatic N) is 3. The summed E-state index contributed by atoms with van der Waals surface area (Å²) < 4.78 is 2.09. The number of carbonyl (C=O) groups excluding carboxylic acids is 1. The van der Waals surface area contributed by atoms with Crippen molar-refractivity contribution in [1.29, 1.82) is 0 Å². The van der Waals surface area contributed by atoms with Crippen molar-refractivity contribution < 1.29 is 9.90 Å². The Morgan fingerprint density at radius 3 is 2.48 bits per heavy atom. The van der Waals surface area contributed by atoms with E-state index in [1.54, 1.807) is 6.20 Å². The van der Waals surface area contributed by atoms with Gasteiger partial charge in [0.2, 0.25) is 0 Å². The lowest BCUT2D eigenvalue weighted by Crippen LogP contribution is -2.20. The quantitative estimate of drug-likeness (QED) is 0.679. The molecule has 2 heterocycles. The summed E-state index contributed by atoms with van der Waals surface area (Å²) in [6.07, 6.45) is 5.00. The number of urea groups is 1. The van der Waals surface area contributed by atoms with Crippen molar-refractivity contribution in [3.05, 3.63) is 66.4 Å². The summed E-state index contributed by atoms with van der Waals surface area (Å²) in [7, 11) is 0. The average molecular weight is 337 g/mol. The van der Waals surface area contributed by atoms with Crippen LogP contribution in [0.3, 0.4) is 0 Å². The van der Waals surface area contributed by atoms with Crippen molar-refractivity contribution in [2.24, 2.45) is 0 Å². The first-order valence-corrected chi connectivity index (χ1v) is 7.85. The molecule has 0 fully saturated rings. The summed E-state index contributed by atoms with van der Waals surface area (Å²) in [5.41, 5.74) is 1.79. The SMILES string of the molecule is Cc1nccn1[C@H](C)c1ccc(NC(=O)Nc2ccc(O)cn2)cc1. The van der Waals surface area contributed by atoms with Gasteiger partial charge in [-0.15, -0.1) is 0 Å². The van der Waals surface area contributed by atoms with Gasteiger partial charge in [-0.05, 0) is 43.7 Å². The maximum atomic E-state index is 12.0. The van der Waals surface area contributed by atoms with Gasteiger partial charge in [0.15, 0.2) is 0 Å². The number of benzene rings is 1. The minimum Gasteiger partial charge on any atom is -0.506 e. The molecule has 3 rings (SSSR count). The molecule has 128 valence electrons. The summed E-state index contributed by atoms with van der Waals surface area (Å²) in [6, 6.07) is 10.4. The topological polar surface area (TPSA) is 92.1 Å². The first kappa shape index (κ1) is 16.5. The van der Waals surface area contributed by atoms with Crippen LogP contribution in [0.5, 0.6) is 5.75 Å². The number of hydrogen-bond acceptors (Lipinski definition) is 4. The number of imidazole rings is 1. The normalized spacial score (nSPS) is 11.8. The number of aryl methyl sites for hydroxylation is 1. The van der Waals surface area contributed by atoms with E-state index in [2.05, 4.69) is 32.1 Å². The molecule has 0 radical (unpaired) electrons. The zero-order valence-electron chi connectivity index (χ0n) is 14.0. The highest BCUT2D eigenvalue weighted by molar-refractivity contribution is 5.99. The van der Waals surface area contributed by atoms with Crippen LogP contribution in [-0.2, 0) is 0 Å². The molecule has 0 saturated heterocycles. The minimum atomic E-state index is -0.399. The van der Waals surface area contributed by atoms with Gasteiger partial charge in [0.25, 0.3) is 0 Å². The zero-order chi connectivity index (χ0) is 17.8. The second-order valence-electron chi connectivity index (χ2n) is 5.66. The van der Waals surface area contributed by atoms with Crippen molar-refractivity contribution >= 4 is 17.5 Å². The van der Waals surface area contributed by atoms with E-state index < -0.39 is 6.03 Å². The van der Waals surface area contributed by atoms with Gasteiger partial charge in [0.1, 0.15) is 17.4 Å². The predicted octanol–water partition coefficient (Wildman–Crippen LogP) is 3.55. The van der Waals surface area contributed by atoms with E-state index in [1.165, 1.54) is 18.3 Å². The highest BCUT2D eigenvalue weighted by Crippen LogP contribution is 2.21. The van der Waals surface area contributed by atoms with Crippen LogP contribution in [0.25, 0.3) is 0 Å². The molecule has 1 aromatic carbocycles. The molecule has 1 atom stereocenters. The van der Waals surface area contributed by atoms with E-state index in [0.29, 0.717) is 11.5 Å². The number of nitrogens with one attached hydrogen (secondary N) is 2. The molecule has 7 nitrogen and oxygen atoms in total. The highest BCUT2D eigenvalue weighted by atomic mass is 16.3. The van der Waals surface area contributed by atoms with Crippen molar-refractivity contribution in [3.63, 3.8) is 0 Å². The number of aromatic hydroxyl groups is 1. The molecule has 0 aliphatic carbocycles. The van der Waals surface area contributed by atoms with Crippen molar-refractivity contribution in [3.8, 4) is 5.75 Å². The zero-order valence-corrected chi connectivity index (χ0v) is 14.0. The Morgan fingerprint density at radius 2 is 1.88 bits per heavy atom. The van der Waals surface area contributed by atoms with E-state index in [9.17, 15) is 9.90 Å². The third kappa shape index (κ3) is 3.95. The largest absolute Gasteiger partial charge is 0.506 e. The molecular formula is C18H19N5O2. The van der Waals surface area contributed by atoms with Crippen LogP contribution in [0.15, 0.2) is 55.0 Å². The molecule has 3 aromatic rings. The Bertz CT molecular complexity index is 856. The lowest BCUT2D eigenvalue weighted by molar-refractivity contribution is 0.262. The number of anilines is 2. The van der Waals surface area contributed by atoms with Gasteiger partial charge in [-0.2, -0.15) is 0 Å². The smallest absolute Gasteiger partial charge is 0.324 e. The number of rotatable bonds is 4. The molecule has 0 aliphatic rings. The third-order valence-electron chi connectivity index (χ3n) is 3.92. The Labute approximate surface area is 145 Å². The van der Waals surface area contributed by atoms with Crippen LogP contribution in [0.2, 0.25) is 0 Å². The second-order valence-corrected chi connectivity index (χ2v) is 5.66. The van der Waals surface area contributed by atoms with E-state index in [1.807, 2.05) is 37.4 Å². The van der Waals surface area contributed by atoms with E-state index >= 15 is 0 Å². The Morgan fingerprint density at radius 1 is 1.12 bits per heavy atom. The molecule has 0 unspecified atom stereocenters. The third-order valence-corrected chi connectivity index (χ3v) is 3.92. The molecule has 2 aromatic heterocycles. The monoisotopic (exact) mass is 337 g/mol. The molecule has 2 amide bonds. The second kappa shape index (κ2) is 7.04. The first-order chi connectivity index (χ1) is 12.0. The van der Waals surface area contributed by atoms with Gasteiger partial charge in [-0.25, -0.2) is 14.8 Å². The van der Waals surface area contributed by atoms with Crippen LogP contribution in [-0.4, -0.2) is 25.7 Å². The summed E-state index contributed by atoms with van der Waals surface area (Å²) in [6.45, 7) is 4.06. The standard InChI is InChI=1S/C18H19N5O2/c1-12(23-10-9-19-13(23)2)14-3-5-15(6-4-14)21-18(25)22-17-8-7-16(24)11-20-17/h3-12,24H,1-2H3,(H2,20,21,22,25)/t12-/m1/s1. The van der Waals surface area contributed by atoms with E-state index in [-0.39, 0.29) is 11.8 Å². The predicted molar refractivity (Wildman–Crippen MR) is 95.8 cm³/mol. The summed E-state index contributed by atoms with van der Waals surface area (Å²) in [4.78, 5) is 20.1. The van der Waals surface area contributed by atoms with Gasteiger partial charge in [-0.1, -0.05) is 12.1 Å². The van der Waals surface area contributed by atoms with Crippen LogP contribution >= 0.6 is 0 Å². The lowest BCUT2D eigenvalue weighted by Gasteiger charge is -2.16. The van der Waals surface area contributed by atoms with Crippen molar-refractivity contribution in [2.75, 3.05) is 10.6 Å². The summed E-state index contributed by atoms with van der Waals surface area (Å²) >= 11 is 0. The van der Waals surface area contributed by atoms with Crippen molar-refractivity contribution in [1.82, 2.24) is 14.5 Å². The molecule has 0 saturated carbocycles. The van der Waals surface area contributed by atoms with Crippen LogP contribution in [0, 0.1) is 6.92 Å². The Kier molecular flexibility index (Phi) is 4.65. The minimum absolute atomic E-state index is 0.0452. The Hall–Kier alpha value is -3.35. The van der Waals surface area contributed by atoms with Crippen LogP contribution in [0.1, 0.15) is 24.4 Å². The molecular weight excluding hydrogens is 318 g/mol. The molecule has 0 aliphatic heterocycles. The molecule has 0 spiro atoms. The van der Waals surface area contributed by atoms with Crippen LogP contribution < -0.4 is 10.6 Å². The number of hydrogen-bond donors (Lipinski definition) is 3. The lowest BCUT2D eigenvalue weighted by atomic mass is 10.1. The highest BCUT2D eigenvalue weighted by Gasteiger charge is 2.10. The van der Waals surface area contributed by atoms with Gasteiger partial charge < -0.3 is 15.0 Å². The van der Waals surface area contributed by atoms with Crippen LogP contribution in [0.4, 0.5) is 16.3 Å². The van der Waals surface area contributed by atoms with Crippen molar-refractivity contribution in [2.45, 2.75) is 19.9 Å². The molecule has 3 N–H and O–H groups in total. The molecule has 25 heavy (non-hydrogen) atoms. The van der Waals surface area contributed by atoms with Gasteiger partial charge in [0.05, 0.1) is 12.2 Å². The molecule has 7 heteroatoms. The molecule has 0 bridgehead atoms. The number of pyridine rings is 1. The number of aromatic nitrogens is 3. The van der Waals surface area contributed by atoms with Gasteiger partial charge in [0, 0.05) is 18.1 Å². The van der Waals surface area contributed by atoms with E-state index in [0.717, 1.165) is 11.4 Å². The number of amides is 2. The first-order valence-electron chi connectivity index (χ1n) is 7.85. The fourth-order valence-electron chi connectivity index (χ4n) is 2.54. The van der Waals surface area contributed by atoms with E-state index in [4.69, 9.17) is 0 Å². The van der Waals surface area contributed by atoms with Gasteiger partial charge in [-0.3, -0.25) is 5.32 Å².